The number of hydrogen-bond donors (Lipinski definition) is 1. The molecule has 3 atom stereocenters. The van der Waals surface area contributed by atoms with E-state index >= 15 is 0 Å². The van der Waals surface area contributed by atoms with Gasteiger partial charge in [0.05, 0.1) is 22.7 Å². The van der Waals surface area contributed by atoms with Crippen LogP contribution in [0, 0.1) is 0 Å². The lowest BCUT2D eigenvalue weighted by molar-refractivity contribution is 0.0697. The zero-order valence-electron chi connectivity index (χ0n) is 13.9. The third kappa shape index (κ3) is 3.64. The highest BCUT2D eigenvalue weighted by molar-refractivity contribution is 7.57. The van der Waals surface area contributed by atoms with Crippen LogP contribution >= 0.6 is 31.0 Å². The Hall–Kier alpha value is -1.87. The number of halogens is 2. The van der Waals surface area contributed by atoms with Gasteiger partial charge in [0.15, 0.2) is 11.0 Å². The number of methoxy groups -OCH3 is 1. The lowest BCUT2D eigenvalue weighted by Gasteiger charge is -2.05. The minimum Gasteiger partial charge on any atom is -0.497 e. The summed E-state index contributed by atoms with van der Waals surface area (Å²) in [6, 6.07) is 10.6. The van der Waals surface area contributed by atoms with Gasteiger partial charge in [0.2, 0.25) is 0 Å². The lowest BCUT2D eigenvalue weighted by Crippen LogP contribution is -1.99. The maximum absolute atomic E-state index is 12.9. The second-order valence-electron chi connectivity index (χ2n) is 6.08. The topological polar surface area (TPSA) is 63.6 Å². The van der Waals surface area contributed by atoms with E-state index in [9.17, 15) is 9.36 Å². The molecule has 7 heteroatoms. The van der Waals surface area contributed by atoms with Crippen molar-refractivity contribution >= 4 is 42.3 Å². The van der Waals surface area contributed by atoms with Crippen molar-refractivity contribution in [2.45, 2.75) is 18.0 Å². The molecule has 134 valence electrons. The average molecular weight is 410 g/mol. The summed E-state index contributed by atoms with van der Waals surface area (Å²) in [6.07, 6.45) is 0.802. The van der Waals surface area contributed by atoms with Crippen LogP contribution in [0.5, 0.6) is 5.75 Å². The van der Waals surface area contributed by atoms with E-state index in [1.54, 1.807) is 7.11 Å². The van der Waals surface area contributed by atoms with Gasteiger partial charge in [-0.25, -0.2) is 4.79 Å². The molecule has 3 rings (SSSR count). The normalized spacial score (nSPS) is 19.0. The van der Waals surface area contributed by atoms with Crippen LogP contribution in [-0.2, 0) is 4.57 Å². The largest absolute Gasteiger partial charge is 0.497 e. The van der Waals surface area contributed by atoms with E-state index in [0.29, 0.717) is 10.9 Å². The molecule has 1 aliphatic carbocycles. The maximum Gasteiger partial charge on any atom is 0.380 e. The summed E-state index contributed by atoms with van der Waals surface area (Å²) < 4.78 is 18.1. The predicted octanol–water partition coefficient (Wildman–Crippen LogP) is 6.05. The number of carbonyl (C=O) groups is 1. The van der Waals surface area contributed by atoms with Gasteiger partial charge in [-0.3, -0.25) is 0 Å². The molecular weight excluding hydrogens is 394 g/mol. The first-order chi connectivity index (χ1) is 12.3. The Morgan fingerprint density at radius 3 is 2.50 bits per heavy atom. The molecule has 0 spiro atoms. The van der Waals surface area contributed by atoms with E-state index in [1.165, 1.54) is 12.1 Å². The molecule has 1 N–H and O–H groups in total. The van der Waals surface area contributed by atoms with Gasteiger partial charge < -0.3 is 9.84 Å². The van der Waals surface area contributed by atoms with E-state index in [1.807, 2.05) is 24.3 Å². The van der Waals surface area contributed by atoms with Crippen molar-refractivity contribution in [3.63, 3.8) is 0 Å². The van der Waals surface area contributed by atoms with Crippen molar-refractivity contribution in [3.05, 3.63) is 69.7 Å². The fraction of sp³-hybridized carbons (Fsp3) is 0.211. The van der Waals surface area contributed by atoms with Crippen LogP contribution in [0.2, 0.25) is 10.0 Å². The monoisotopic (exact) mass is 409 g/mol. The second kappa shape index (κ2) is 7.40. The van der Waals surface area contributed by atoms with Crippen LogP contribution in [-0.4, -0.2) is 23.8 Å². The van der Waals surface area contributed by atoms with Gasteiger partial charge in [-0.15, -0.1) is 0 Å². The first kappa shape index (κ1) is 18.9. The molecule has 1 aliphatic rings. The quantitative estimate of drug-likeness (QED) is 0.589. The summed E-state index contributed by atoms with van der Waals surface area (Å²) in [6.45, 7) is 3.93. The molecule has 1 fully saturated rings. The smallest absolute Gasteiger partial charge is 0.380 e. The fourth-order valence-corrected chi connectivity index (χ4v) is 5.29. The van der Waals surface area contributed by atoms with E-state index < -0.39 is 13.8 Å². The Kier molecular flexibility index (Phi) is 5.38. The molecule has 0 bridgehead atoms. The first-order valence-electron chi connectivity index (χ1n) is 7.85. The van der Waals surface area contributed by atoms with Gasteiger partial charge in [0, 0.05) is 17.9 Å². The third-order valence-electron chi connectivity index (χ3n) is 4.44. The number of ether oxygens (including phenoxy) is 1. The number of rotatable bonds is 6. The molecular formula is C19H16Cl2O4P+. The van der Waals surface area contributed by atoms with Crippen LogP contribution in [0.15, 0.2) is 43.0 Å². The number of carboxylic acids is 1. The molecule has 2 aromatic carbocycles. The van der Waals surface area contributed by atoms with Gasteiger partial charge in [-0.2, -0.15) is 0 Å². The molecule has 0 aliphatic heterocycles. The van der Waals surface area contributed by atoms with Crippen LogP contribution < -0.4 is 4.74 Å². The van der Waals surface area contributed by atoms with Crippen LogP contribution in [0.1, 0.15) is 33.8 Å². The fourth-order valence-electron chi connectivity index (χ4n) is 2.94. The highest BCUT2D eigenvalue weighted by atomic mass is 35.5. The molecule has 1 saturated carbocycles. The number of carboxylic acid groups (broad SMARTS) is 1. The maximum atomic E-state index is 12.9. The van der Waals surface area contributed by atoms with E-state index in [4.69, 9.17) is 33.0 Å². The molecule has 0 heterocycles. The molecule has 0 aromatic heterocycles. The summed E-state index contributed by atoms with van der Waals surface area (Å²) in [7, 11) is -0.131. The van der Waals surface area contributed by atoms with Crippen molar-refractivity contribution in [1.82, 2.24) is 0 Å². The van der Waals surface area contributed by atoms with Crippen molar-refractivity contribution in [2.75, 3.05) is 7.11 Å². The van der Waals surface area contributed by atoms with Gasteiger partial charge >= 0.3 is 13.8 Å². The van der Waals surface area contributed by atoms with Crippen LogP contribution in [0.25, 0.3) is 5.31 Å². The summed E-state index contributed by atoms with van der Waals surface area (Å²) in [4.78, 5) is 11.2. The Morgan fingerprint density at radius 1 is 1.27 bits per heavy atom. The Bertz CT molecular complexity index is 903. The van der Waals surface area contributed by atoms with Gasteiger partial charge in [0.1, 0.15) is 5.75 Å². The Morgan fingerprint density at radius 2 is 1.92 bits per heavy atom. The van der Waals surface area contributed by atoms with E-state index in [2.05, 4.69) is 6.58 Å². The summed E-state index contributed by atoms with van der Waals surface area (Å²) in [5, 5.41) is 9.56. The average Bonchev–Trinajstić information content (AvgIpc) is 3.40. The van der Waals surface area contributed by atoms with Gasteiger partial charge in [0.25, 0.3) is 0 Å². The summed E-state index contributed by atoms with van der Waals surface area (Å²) >= 11 is 12.0. The summed E-state index contributed by atoms with van der Waals surface area (Å²) in [5.74, 6) is -0.249. The first-order valence-corrected chi connectivity index (χ1v) is 9.94. The minimum atomic E-state index is -1.74. The highest BCUT2D eigenvalue weighted by Crippen LogP contribution is 2.61. The van der Waals surface area contributed by atoms with Crippen LogP contribution in [0.3, 0.4) is 0 Å². The van der Waals surface area contributed by atoms with E-state index in [-0.39, 0.29) is 27.2 Å². The molecule has 4 nitrogen and oxygen atoms in total. The zero-order valence-corrected chi connectivity index (χ0v) is 16.3. The van der Waals surface area contributed by atoms with Gasteiger partial charge in [-0.05, 0) is 36.4 Å². The third-order valence-corrected chi connectivity index (χ3v) is 6.99. The minimum absolute atomic E-state index is 0.00435. The molecule has 3 unspecified atom stereocenters. The van der Waals surface area contributed by atoms with Crippen molar-refractivity contribution in [2.24, 2.45) is 0 Å². The molecule has 0 saturated heterocycles. The highest BCUT2D eigenvalue weighted by Gasteiger charge is 2.54. The second-order valence-corrected chi connectivity index (χ2v) is 8.75. The van der Waals surface area contributed by atoms with Crippen molar-refractivity contribution in [3.8, 4) is 5.75 Å². The molecule has 0 radical (unpaired) electrons. The molecule has 2 aromatic rings. The van der Waals surface area contributed by atoms with Crippen molar-refractivity contribution < 1.29 is 19.2 Å². The number of aromatic carboxylic acids is 1. The van der Waals surface area contributed by atoms with Gasteiger partial charge in [-0.1, -0.05) is 39.9 Å². The SMILES string of the molecule is C=C(c1cc(Cl)c(C(=O)O)c(Cl)c1)[P+](=O)C1CC1c1cccc(OC)c1. The Balaban J connectivity index is 1.79. The van der Waals surface area contributed by atoms with Crippen LogP contribution in [0.4, 0.5) is 0 Å². The zero-order chi connectivity index (χ0) is 19.0. The lowest BCUT2D eigenvalue weighted by atomic mass is 10.1. The number of benzene rings is 2. The standard InChI is InChI=1S/C19H15Cl2O4P/c1-10(12-7-15(20)18(19(22)23)16(21)8-12)26(24)17-9-14(17)11-4-3-5-13(6-11)25-2/h3-8,14,17H,1,9H2,2H3/p+1. The molecule has 0 amide bonds. The predicted molar refractivity (Wildman–Crippen MR) is 104 cm³/mol. The Labute approximate surface area is 162 Å². The summed E-state index contributed by atoms with van der Waals surface area (Å²) in [5.41, 5.74) is 1.41. The van der Waals surface area contributed by atoms with E-state index in [0.717, 1.165) is 17.7 Å². The molecule has 26 heavy (non-hydrogen) atoms. The van der Waals surface area contributed by atoms with Crippen molar-refractivity contribution in [1.29, 1.82) is 0 Å². The number of hydrogen-bond acceptors (Lipinski definition) is 3.